The van der Waals surface area contributed by atoms with Gasteiger partial charge in [-0.2, -0.15) is 23.6 Å². The minimum atomic E-state index is -6.29. The molecule has 0 amide bonds. The number of nitrogens with zero attached hydrogens (tertiary/aromatic N) is 13. The van der Waals surface area contributed by atoms with Crippen molar-refractivity contribution in [1.82, 2.24) is 68.5 Å². The van der Waals surface area contributed by atoms with Crippen LogP contribution in [0.15, 0.2) is 39.7 Å². The van der Waals surface area contributed by atoms with Crippen LogP contribution in [-0.4, -0.2) is 250 Å². The number of aliphatic hydroxyl groups excluding tert-OH is 2. The molecular formula is C47H67N20O31P5. The fraction of sp³-hybridized carbons (Fsp3) is 0.596. The summed E-state index contributed by atoms with van der Waals surface area (Å²) in [5.74, 6) is -1.13. The van der Waals surface area contributed by atoms with Gasteiger partial charge in [0.25, 0.3) is 16.7 Å². The van der Waals surface area contributed by atoms with Crippen LogP contribution >= 0.6 is 39.1 Å². The van der Waals surface area contributed by atoms with Gasteiger partial charge >= 0.3 is 39.1 Å². The topological polar surface area (TPSA) is 702 Å². The Balaban J connectivity index is 0.754. The van der Waals surface area contributed by atoms with Crippen LogP contribution in [0.5, 0.6) is 0 Å². The molecule has 12 rings (SSSR count). The number of imidazole rings is 3. The number of anilines is 6. The van der Waals surface area contributed by atoms with Crippen molar-refractivity contribution in [3.63, 3.8) is 0 Å². The number of rotatable bonds is 29. The third-order valence-corrected chi connectivity index (χ3v) is 22.5. The van der Waals surface area contributed by atoms with Gasteiger partial charge in [-0.15, -0.1) is 0 Å². The Morgan fingerprint density at radius 3 is 1.42 bits per heavy atom. The largest absolute Gasteiger partial charge is 0.490 e. The molecule has 0 bridgehead atoms. The first-order chi connectivity index (χ1) is 48.5. The molecule has 5 aliphatic heterocycles. The summed E-state index contributed by atoms with van der Waals surface area (Å²) in [7, 11) is -24.7. The first-order valence-corrected chi connectivity index (χ1v) is 37.5. The Morgan fingerprint density at radius 1 is 0.515 bits per heavy atom. The van der Waals surface area contributed by atoms with Crippen LogP contribution in [0, 0.1) is 0 Å². The molecule has 103 heavy (non-hydrogen) atoms. The van der Waals surface area contributed by atoms with E-state index in [2.05, 4.69) is 63.4 Å². The van der Waals surface area contributed by atoms with Crippen LogP contribution in [0.4, 0.5) is 35.2 Å². The van der Waals surface area contributed by atoms with Crippen LogP contribution in [0.3, 0.4) is 0 Å². The Kier molecular flexibility index (Phi) is 21.5. The Morgan fingerprint density at radius 2 is 0.922 bits per heavy atom. The first-order valence-electron chi connectivity index (χ1n) is 30.0. The lowest BCUT2D eigenvalue weighted by atomic mass is 10.1. The summed E-state index contributed by atoms with van der Waals surface area (Å²) in [6, 6.07) is 0. The van der Waals surface area contributed by atoms with Crippen molar-refractivity contribution < 1.29 is 131 Å². The van der Waals surface area contributed by atoms with E-state index in [1.807, 2.05) is 0 Å². The van der Waals surface area contributed by atoms with E-state index < -0.39 is 192 Å². The lowest BCUT2D eigenvalue weighted by molar-refractivity contribution is -0.0816. The van der Waals surface area contributed by atoms with Crippen LogP contribution in [0.1, 0.15) is 32.5 Å². The normalized spacial score (nSPS) is 30.3. The smallest absolute Gasteiger partial charge is 0.386 e. The number of phosphoric acid groups is 5. The number of H-pyrrole nitrogens is 3. The zero-order valence-corrected chi connectivity index (χ0v) is 58.4. The van der Waals surface area contributed by atoms with Crippen LogP contribution < -0.4 is 49.4 Å². The summed E-state index contributed by atoms with van der Waals surface area (Å²) < 4.78 is 160. The summed E-state index contributed by atoms with van der Waals surface area (Å²) in [4.78, 5) is 136. The van der Waals surface area contributed by atoms with E-state index in [-0.39, 0.29) is 69.4 Å². The molecule has 4 saturated heterocycles. The molecule has 0 spiro atoms. The number of aromatic amines is 3. The van der Waals surface area contributed by atoms with Gasteiger partial charge in [0.2, 0.25) is 17.8 Å². The van der Waals surface area contributed by atoms with Gasteiger partial charge in [-0.1, -0.05) is 0 Å². The van der Waals surface area contributed by atoms with E-state index in [9.17, 15) is 71.9 Å². The summed E-state index contributed by atoms with van der Waals surface area (Å²) in [5, 5.41) is 22.8. The Bertz CT molecular complexity index is 4760. The third-order valence-electron chi connectivity index (χ3n) is 16.3. The molecule has 18 N–H and O–H groups in total. The van der Waals surface area contributed by atoms with Crippen molar-refractivity contribution in [2.45, 2.75) is 118 Å². The minimum absolute atomic E-state index is 0.00781. The molecule has 566 valence electrons. The molecule has 0 saturated carbocycles. The zero-order chi connectivity index (χ0) is 74.3. The lowest BCUT2D eigenvalue weighted by Crippen LogP contribution is -2.46. The lowest BCUT2D eigenvalue weighted by Gasteiger charge is -2.28. The highest BCUT2D eigenvalue weighted by Crippen LogP contribution is 2.68. The fourth-order valence-electron chi connectivity index (χ4n) is 12.1. The highest BCUT2D eigenvalue weighted by Gasteiger charge is 2.57. The van der Waals surface area contributed by atoms with E-state index in [0.29, 0.717) is 0 Å². The predicted molar refractivity (Wildman–Crippen MR) is 340 cm³/mol. The van der Waals surface area contributed by atoms with Crippen molar-refractivity contribution in [3.05, 3.63) is 56.4 Å². The maximum atomic E-state index is 14.5. The molecule has 5 aliphatic rings. The average Bonchev–Trinajstić information content (AvgIpc) is 1.62. The van der Waals surface area contributed by atoms with Gasteiger partial charge in [0, 0.05) is 28.4 Å². The van der Waals surface area contributed by atoms with Crippen molar-refractivity contribution in [3.8, 4) is 0 Å². The molecule has 0 aromatic carbocycles. The number of nitrogens with one attached hydrogen (secondary N) is 3. The van der Waals surface area contributed by atoms with Gasteiger partial charge in [0.05, 0.1) is 58.2 Å². The fourth-order valence-corrected chi connectivity index (χ4v) is 17.6. The molecule has 12 heterocycles. The highest BCUT2D eigenvalue weighted by atomic mass is 31.3. The average molecular weight is 1560 g/mol. The maximum Gasteiger partial charge on any atom is 0.490 e. The predicted octanol–water partition coefficient (Wildman–Crippen LogP) is -3.23. The SMILES string of the molecule is CO[C@@H]1C(O)[C@H](N2CN(C)c3c2nc(N)[nH]c3=O)O[C@@H]1COP(=O)(O)OP(=O)(O)OP(=O)(O)OC[C@H]1O[C@@H](n2cnc3c(N)ncnc32)[C@@H](OC)C1OP(=O)(O)OC[C@H]1O[C@@H](n2cnc3c(=O)[nH]c(N)nc32)[C@@H](OC)C1OP(=O)(O)OC[C@H]1O[C@@H](n2cnc3c(=O)[nH]c(N)nc32)[C@@H](O)C1OC(C)C. The van der Waals surface area contributed by atoms with Crippen LogP contribution in [0.25, 0.3) is 33.5 Å². The van der Waals surface area contributed by atoms with E-state index >= 15 is 0 Å². The monoisotopic (exact) mass is 1560 g/mol. The number of hydrogen-bond acceptors (Lipinski definition) is 40. The van der Waals surface area contributed by atoms with E-state index in [0.717, 1.165) is 55.8 Å². The second-order valence-electron chi connectivity index (χ2n) is 23.4. The number of ether oxygens (including phenoxy) is 8. The minimum Gasteiger partial charge on any atom is -0.386 e. The van der Waals surface area contributed by atoms with Gasteiger partial charge in [0.15, 0.2) is 64.5 Å². The zero-order valence-electron chi connectivity index (χ0n) is 53.9. The van der Waals surface area contributed by atoms with Gasteiger partial charge in [-0.3, -0.25) is 70.2 Å². The molecule has 51 nitrogen and oxygen atoms in total. The summed E-state index contributed by atoms with van der Waals surface area (Å²) in [6.07, 6.45) is -22.1. The third kappa shape index (κ3) is 15.6. The van der Waals surface area contributed by atoms with E-state index in [1.54, 1.807) is 13.8 Å². The van der Waals surface area contributed by atoms with Gasteiger partial charge in [0.1, 0.15) is 90.8 Å². The Hall–Kier alpha value is -6.84. The number of methoxy groups -OCH3 is 3. The second-order valence-corrected chi connectivity index (χ2v) is 30.8. The molecule has 21 atom stereocenters. The maximum absolute atomic E-state index is 14.5. The van der Waals surface area contributed by atoms with Crippen molar-refractivity contribution in [2.75, 3.05) is 94.2 Å². The molecule has 7 aromatic heterocycles. The number of aromatic nitrogens is 14. The summed E-state index contributed by atoms with van der Waals surface area (Å²) in [5.41, 5.74) is 20.5. The first kappa shape index (κ1) is 75.8. The molecule has 0 aliphatic carbocycles. The van der Waals surface area contributed by atoms with Crippen LogP contribution in [0.2, 0.25) is 0 Å². The van der Waals surface area contributed by atoms with Gasteiger partial charge < -0.3 is 105 Å². The number of aliphatic hydroxyl groups is 2. The van der Waals surface area contributed by atoms with Gasteiger partial charge in [-0.25, -0.2) is 47.7 Å². The number of hydrogen-bond donors (Lipinski definition) is 14. The number of fused-ring (bicyclic) bond motifs is 4. The number of nitrogens with two attached hydrogens (primary N) is 4. The highest BCUT2D eigenvalue weighted by molar-refractivity contribution is 7.66. The summed E-state index contributed by atoms with van der Waals surface area (Å²) >= 11 is 0. The quantitative estimate of drug-likeness (QED) is 0.0205. The van der Waals surface area contributed by atoms with Gasteiger partial charge in [-0.05, 0) is 13.8 Å². The molecule has 9 unspecified atom stereocenters. The Labute approximate surface area is 574 Å². The second kappa shape index (κ2) is 29.1. The number of phosphoric ester groups is 4. The molecular weight excluding hydrogens is 1500 g/mol. The standard InChI is InChI=1S/C47H67N20O31P5/c1-16(2)90-28-18(92-41(26(28)69)65-13-55-22-35(65)57-45(49)60-38(22)70)8-86-99(73,74)95-29-19(94-44(32(29)85-6)66-14-56-23-36(66)58-46(50)61-39(23)71)9-87-100(75,76)96-30-20(93-43(31(30)84-5)64-12-54-21-33(48)52-11-53-34(21)64)10-89-102(79,80)98-103(81,82)97-101(77,78)88-7-17-27(83-4)25(68)42(91-17)67-15-63(3)24-37(67)59-47(51)62-40(24)72/h11-14,16-20,25-32,41-44,68-69H,7-10,15H2,1-6H3,(H,73,74)(H,75,76)(H,77,78)(H,79,80)(H,81,82)(H2,48,52,53)(H3,49,57,60,70)(H3,50,58,61,71)(H3,51,59,62,72)/t17-,18-,19-,20-,25?,26+,27+,28?,29?,30?,31+,32+,41-,42-,43-,44-/m1/s1. The molecule has 4 fully saturated rings. The molecule has 0 radical (unpaired) electrons. The molecule has 56 heteroatoms. The number of nitrogen functional groups attached to an aromatic ring is 4. The van der Waals surface area contributed by atoms with Crippen molar-refractivity contribution >= 4 is 108 Å². The van der Waals surface area contributed by atoms with Crippen LogP contribution in [-0.2, 0) is 96.5 Å². The van der Waals surface area contributed by atoms with Crippen molar-refractivity contribution in [1.29, 1.82) is 0 Å². The summed E-state index contributed by atoms with van der Waals surface area (Å²) in [6.45, 7) is -1.33. The van der Waals surface area contributed by atoms with Crippen molar-refractivity contribution in [2.24, 2.45) is 0 Å². The molecule has 7 aromatic rings. The van der Waals surface area contributed by atoms with E-state index in [4.69, 9.17) is 88.0 Å². The van der Waals surface area contributed by atoms with E-state index in [1.165, 1.54) is 21.4 Å².